The molecule has 2 unspecified atom stereocenters. The Labute approximate surface area is 103 Å². The molecule has 17 heavy (non-hydrogen) atoms. The van der Waals surface area contributed by atoms with Gasteiger partial charge in [0, 0.05) is 26.2 Å². The highest BCUT2D eigenvalue weighted by molar-refractivity contribution is 5.83. The minimum Gasteiger partial charge on any atom is -0.344 e. The summed E-state index contributed by atoms with van der Waals surface area (Å²) in [6.07, 6.45) is 5.10. The summed E-state index contributed by atoms with van der Waals surface area (Å²) in [5.41, 5.74) is 0. The summed E-state index contributed by atoms with van der Waals surface area (Å²) < 4.78 is 0. The van der Waals surface area contributed by atoms with E-state index in [-0.39, 0.29) is 11.9 Å². The van der Waals surface area contributed by atoms with Gasteiger partial charge in [0.1, 0.15) is 0 Å². The van der Waals surface area contributed by atoms with Gasteiger partial charge in [-0.05, 0) is 44.7 Å². The highest BCUT2D eigenvalue weighted by Gasteiger charge is 2.35. The molecule has 2 aliphatic heterocycles. The van der Waals surface area contributed by atoms with Gasteiger partial charge in [-0.25, -0.2) is 0 Å². The Morgan fingerprint density at radius 2 is 2.06 bits per heavy atom. The molecule has 0 aromatic heterocycles. The van der Waals surface area contributed by atoms with E-state index < -0.39 is 0 Å². The second-order valence-electron chi connectivity index (χ2n) is 5.89. The molecule has 1 aliphatic carbocycles. The number of likely N-dealkylation sites (N-methyl/N-ethyl adjacent to an activating group) is 1. The number of carbonyl (C=O) groups is 1. The van der Waals surface area contributed by atoms with Crippen LogP contribution in [0.25, 0.3) is 0 Å². The van der Waals surface area contributed by atoms with Crippen molar-refractivity contribution in [3.63, 3.8) is 0 Å². The summed E-state index contributed by atoms with van der Waals surface area (Å²) in [6, 6.07) is 0.995. The lowest BCUT2D eigenvalue weighted by Gasteiger charge is -2.17. The largest absolute Gasteiger partial charge is 0.344 e. The Balaban J connectivity index is 1.41. The first-order valence-electron chi connectivity index (χ1n) is 6.96. The molecular formula is C13H23N3O. The van der Waals surface area contributed by atoms with E-state index in [1.165, 1.54) is 32.4 Å². The molecular weight excluding hydrogens is 214 g/mol. The van der Waals surface area contributed by atoms with Crippen LogP contribution in [-0.2, 0) is 4.79 Å². The van der Waals surface area contributed by atoms with Crippen LogP contribution in [0.3, 0.4) is 0 Å². The van der Waals surface area contributed by atoms with Crippen LogP contribution in [0.15, 0.2) is 0 Å². The summed E-state index contributed by atoms with van der Waals surface area (Å²) in [5.74, 6) is 1.04. The number of hydrogen-bond donors (Lipinski definition) is 1. The van der Waals surface area contributed by atoms with Crippen molar-refractivity contribution >= 4 is 5.91 Å². The third kappa shape index (κ3) is 2.47. The average Bonchev–Trinajstić information content (AvgIpc) is 3.00. The number of rotatable bonds is 4. The molecule has 4 nitrogen and oxygen atoms in total. The maximum atomic E-state index is 11.7. The normalized spacial score (nSPS) is 34.9. The minimum atomic E-state index is 0.0926. The van der Waals surface area contributed by atoms with Gasteiger partial charge in [-0.3, -0.25) is 4.79 Å². The number of amides is 1. The van der Waals surface area contributed by atoms with Crippen molar-refractivity contribution in [2.75, 3.05) is 33.2 Å². The predicted molar refractivity (Wildman–Crippen MR) is 66.7 cm³/mol. The van der Waals surface area contributed by atoms with Gasteiger partial charge in [0.15, 0.2) is 0 Å². The summed E-state index contributed by atoms with van der Waals surface area (Å²) >= 11 is 0. The molecule has 0 aromatic rings. The molecule has 1 amide bonds. The molecule has 3 rings (SSSR count). The molecule has 4 heteroatoms. The number of likely N-dealkylation sites (tertiary alicyclic amines) is 2. The second-order valence-corrected chi connectivity index (χ2v) is 5.89. The Bertz CT molecular complexity index is 303. The van der Waals surface area contributed by atoms with E-state index in [2.05, 4.69) is 10.2 Å². The molecule has 3 fully saturated rings. The fraction of sp³-hybridized carbons (Fsp3) is 0.923. The number of nitrogens with one attached hydrogen (secondary N) is 1. The zero-order valence-electron chi connectivity index (χ0n) is 10.7. The van der Waals surface area contributed by atoms with Crippen LogP contribution in [-0.4, -0.2) is 61.0 Å². The number of carbonyl (C=O) groups excluding carboxylic acids is 1. The van der Waals surface area contributed by atoms with Gasteiger partial charge in [-0.2, -0.15) is 0 Å². The highest BCUT2D eigenvalue weighted by Crippen LogP contribution is 2.31. The molecule has 1 saturated carbocycles. The quantitative estimate of drug-likeness (QED) is 0.763. The van der Waals surface area contributed by atoms with Crippen molar-refractivity contribution in [3.8, 4) is 0 Å². The van der Waals surface area contributed by atoms with Crippen LogP contribution in [0.5, 0.6) is 0 Å². The molecule has 96 valence electrons. The van der Waals surface area contributed by atoms with Gasteiger partial charge >= 0.3 is 0 Å². The lowest BCUT2D eigenvalue weighted by molar-refractivity contribution is -0.128. The van der Waals surface area contributed by atoms with Crippen molar-refractivity contribution in [3.05, 3.63) is 0 Å². The summed E-state index contributed by atoms with van der Waals surface area (Å²) in [4.78, 5) is 16.2. The standard InChI is InChI=1S/C13H23N3O/c1-15-6-5-12(13(15)17)14-8-10-4-7-16(9-10)11-2-3-11/h10-12,14H,2-9H2,1H3. The molecule has 0 aromatic carbocycles. The molecule has 3 aliphatic rings. The van der Waals surface area contributed by atoms with Gasteiger partial charge in [0.2, 0.25) is 5.91 Å². The van der Waals surface area contributed by atoms with E-state index in [0.717, 1.165) is 31.5 Å². The summed E-state index contributed by atoms with van der Waals surface area (Å²) in [5, 5.41) is 3.47. The molecule has 2 heterocycles. The van der Waals surface area contributed by atoms with Crippen molar-refractivity contribution < 1.29 is 4.79 Å². The van der Waals surface area contributed by atoms with Gasteiger partial charge in [0.25, 0.3) is 0 Å². The van der Waals surface area contributed by atoms with Crippen molar-refractivity contribution in [2.45, 2.75) is 37.8 Å². The number of hydrogen-bond acceptors (Lipinski definition) is 3. The Kier molecular flexibility index (Phi) is 3.09. The van der Waals surface area contributed by atoms with Crippen LogP contribution in [0, 0.1) is 5.92 Å². The zero-order valence-corrected chi connectivity index (χ0v) is 10.7. The topological polar surface area (TPSA) is 35.6 Å². The minimum absolute atomic E-state index is 0.0926. The Hall–Kier alpha value is -0.610. The van der Waals surface area contributed by atoms with Gasteiger partial charge < -0.3 is 15.1 Å². The molecule has 1 N–H and O–H groups in total. The van der Waals surface area contributed by atoms with E-state index in [4.69, 9.17) is 0 Å². The fourth-order valence-corrected chi connectivity index (χ4v) is 3.12. The first-order valence-corrected chi connectivity index (χ1v) is 6.96. The van der Waals surface area contributed by atoms with Crippen molar-refractivity contribution in [2.24, 2.45) is 5.92 Å². The van der Waals surface area contributed by atoms with Crippen LogP contribution in [0.4, 0.5) is 0 Å². The molecule has 2 atom stereocenters. The predicted octanol–water partition coefficient (Wildman–Crippen LogP) is 0.291. The van der Waals surface area contributed by atoms with Crippen LogP contribution in [0.1, 0.15) is 25.7 Å². The monoisotopic (exact) mass is 237 g/mol. The van der Waals surface area contributed by atoms with E-state index >= 15 is 0 Å². The van der Waals surface area contributed by atoms with E-state index in [9.17, 15) is 4.79 Å². The van der Waals surface area contributed by atoms with Gasteiger partial charge in [-0.15, -0.1) is 0 Å². The van der Waals surface area contributed by atoms with Crippen LogP contribution in [0.2, 0.25) is 0 Å². The SMILES string of the molecule is CN1CCC(NCC2CCN(C3CC3)C2)C1=O. The van der Waals surface area contributed by atoms with E-state index in [0.29, 0.717) is 0 Å². The van der Waals surface area contributed by atoms with Crippen LogP contribution < -0.4 is 5.32 Å². The van der Waals surface area contributed by atoms with E-state index in [1.54, 1.807) is 0 Å². The smallest absolute Gasteiger partial charge is 0.239 e. The van der Waals surface area contributed by atoms with Crippen molar-refractivity contribution in [1.29, 1.82) is 0 Å². The van der Waals surface area contributed by atoms with Gasteiger partial charge in [0.05, 0.1) is 6.04 Å². The molecule has 0 spiro atoms. The lowest BCUT2D eigenvalue weighted by atomic mass is 10.1. The van der Waals surface area contributed by atoms with E-state index in [1.807, 2.05) is 11.9 Å². The average molecular weight is 237 g/mol. The highest BCUT2D eigenvalue weighted by atomic mass is 16.2. The third-order valence-corrected chi connectivity index (χ3v) is 4.46. The molecule has 2 saturated heterocycles. The van der Waals surface area contributed by atoms with Gasteiger partial charge in [-0.1, -0.05) is 0 Å². The molecule has 0 bridgehead atoms. The first-order chi connectivity index (χ1) is 8.24. The maximum Gasteiger partial charge on any atom is 0.239 e. The zero-order chi connectivity index (χ0) is 11.8. The first kappa shape index (κ1) is 11.5. The number of nitrogens with zero attached hydrogens (tertiary/aromatic N) is 2. The Morgan fingerprint density at radius 3 is 2.71 bits per heavy atom. The Morgan fingerprint density at radius 1 is 1.24 bits per heavy atom. The third-order valence-electron chi connectivity index (χ3n) is 4.46. The summed E-state index contributed by atoms with van der Waals surface area (Å²) in [6.45, 7) is 4.45. The summed E-state index contributed by atoms with van der Waals surface area (Å²) in [7, 11) is 1.90. The molecule has 0 radical (unpaired) electrons. The van der Waals surface area contributed by atoms with Crippen molar-refractivity contribution in [1.82, 2.24) is 15.1 Å². The lowest BCUT2D eigenvalue weighted by Crippen LogP contribution is -2.40. The second kappa shape index (κ2) is 4.58. The fourth-order valence-electron chi connectivity index (χ4n) is 3.12. The maximum absolute atomic E-state index is 11.7. The van der Waals surface area contributed by atoms with Crippen LogP contribution >= 0.6 is 0 Å².